The number of amides is 1. The van der Waals surface area contributed by atoms with Gasteiger partial charge in [0.25, 0.3) is 5.91 Å². The molecule has 1 heterocycles. The summed E-state index contributed by atoms with van der Waals surface area (Å²) in [7, 11) is -3.95. The topological polar surface area (TPSA) is 60.9 Å². The van der Waals surface area contributed by atoms with E-state index < -0.39 is 21.7 Å². The molecule has 1 fully saturated rings. The van der Waals surface area contributed by atoms with E-state index in [0.29, 0.717) is 11.6 Å². The number of carbonyl (C=O) groups excluding carboxylic acids is 1. The van der Waals surface area contributed by atoms with Gasteiger partial charge in [0, 0.05) is 38.3 Å². The first kappa shape index (κ1) is 23.3. The van der Waals surface area contributed by atoms with Crippen LogP contribution in [0.15, 0.2) is 47.4 Å². The van der Waals surface area contributed by atoms with Crippen molar-refractivity contribution in [1.82, 2.24) is 14.1 Å². The van der Waals surface area contributed by atoms with Gasteiger partial charge in [0.1, 0.15) is 0 Å². The average Bonchev–Trinajstić information content (AvgIpc) is 2.79. The molecule has 0 atom stereocenters. The van der Waals surface area contributed by atoms with Crippen molar-refractivity contribution in [3.8, 4) is 0 Å². The molecule has 9 heteroatoms. The number of nitrogens with zero attached hydrogens (tertiary/aromatic N) is 3. The first-order valence-corrected chi connectivity index (χ1v) is 11.8. The first-order valence-electron chi connectivity index (χ1n) is 10.3. The van der Waals surface area contributed by atoms with Crippen molar-refractivity contribution < 1.29 is 22.0 Å². The Morgan fingerprint density at radius 1 is 0.935 bits per heavy atom. The Labute approximate surface area is 182 Å². The summed E-state index contributed by atoms with van der Waals surface area (Å²) >= 11 is 0. The monoisotopic (exact) mass is 451 g/mol. The summed E-state index contributed by atoms with van der Waals surface area (Å²) in [5.41, 5.74) is 1.68. The van der Waals surface area contributed by atoms with Crippen LogP contribution in [0.1, 0.15) is 29.8 Å². The summed E-state index contributed by atoms with van der Waals surface area (Å²) < 4.78 is 53.2. The molecule has 0 unspecified atom stereocenters. The van der Waals surface area contributed by atoms with Gasteiger partial charge in [-0.2, -0.15) is 4.31 Å². The lowest BCUT2D eigenvalue weighted by atomic mass is 10.1. The maximum absolute atomic E-state index is 13.5. The zero-order valence-electron chi connectivity index (χ0n) is 17.7. The Balaban J connectivity index is 1.62. The highest BCUT2D eigenvalue weighted by Crippen LogP contribution is 2.21. The quantitative estimate of drug-likeness (QED) is 0.650. The van der Waals surface area contributed by atoms with Crippen molar-refractivity contribution >= 4 is 15.9 Å². The van der Waals surface area contributed by atoms with Crippen LogP contribution in [0.2, 0.25) is 0 Å². The predicted octanol–water partition coefficient (Wildman–Crippen LogP) is 2.95. The molecule has 2 aromatic rings. The normalized spacial score (nSPS) is 15.5. The average molecular weight is 452 g/mol. The largest absolute Gasteiger partial charge is 0.336 e. The molecule has 31 heavy (non-hydrogen) atoms. The molecule has 0 N–H and O–H groups in total. The number of piperazine rings is 1. The Hall–Kier alpha value is -2.36. The number of sulfonamides is 1. The molecule has 1 amide bonds. The van der Waals surface area contributed by atoms with Crippen LogP contribution >= 0.6 is 0 Å². The van der Waals surface area contributed by atoms with E-state index in [0.717, 1.165) is 37.3 Å². The summed E-state index contributed by atoms with van der Waals surface area (Å²) in [5.74, 6) is -2.46. The number of hydrogen-bond acceptors (Lipinski definition) is 4. The highest BCUT2D eigenvalue weighted by Gasteiger charge is 2.31. The van der Waals surface area contributed by atoms with Gasteiger partial charge < -0.3 is 4.90 Å². The number of carbonyl (C=O) groups is 1. The van der Waals surface area contributed by atoms with Crippen LogP contribution < -0.4 is 0 Å². The van der Waals surface area contributed by atoms with Gasteiger partial charge in [-0.05, 0) is 49.0 Å². The van der Waals surface area contributed by atoms with E-state index in [4.69, 9.17) is 0 Å². The molecular formula is C22H27F2N3O3S. The van der Waals surface area contributed by atoms with Gasteiger partial charge in [-0.3, -0.25) is 9.69 Å². The second-order valence-electron chi connectivity index (χ2n) is 7.43. The van der Waals surface area contributed by atoms with Crippen LogP contribution in [0.4, 0.5) is 8.78 Å². The summed E-state index contributed by atoms with van der Waals surface area (Å²) in [4.78, 5) is 16.4. The predicted molar refractivity (Wildman–Crippen MR) is 114 cm³/mol. The zero-order valence-corrected chi connectivity index (χ0v) is 18.5. The minimum Gasteiger partial charge on any atom is -0.336 e. The van der Waals surface area contributed by atoms with Crippen molar-refractivity contribution in [2.24, 2.45) is 0 Å². The van der Waals surface area contributed by atoms with Crippen molar-refractivity contribution in [2.45, 2.75) is 25.3 Å². The molecule has 0 saturated carbocycles. The molecule has 0 aliphatic carbocycles. The third kappa shape index (κ3) is 5.28. The lowest BCUT2D eigenvalue weighted by Crippen LogP contribution is -2.50. The van der Waals surface area contributed by atoms with Gasteiger partial charge in [-0.25, -0.2) is 17.2 Å². The van der Waals surface area contributed by atoms with Crippen molar-refractivity contribution in [2.75, 3.05) is 39.3 Å². The third-order valence-electron chi connectivity index (χ3n) is 5.56. The minimum atomic E-state index is -3.95. The number of halogens is 2. The summed E-state index contributed by atoms with van der Waals surface area (Å²) in [6.07, 6.45) is 0. The van der Waals surface area contributed by atoms with Gasteiger partial charge in [-0.15, -0.1) is 0 Å². The van der Waals surface area contributed by atoms with Crippen molar-refractivity contribution in [3.05, 3.63) is 65.2 Å². The highest BCUT2D eigenvalue weighted by molar-refractivity contribution is 7.89. The van der Waals surface area contributed by atoms with Gasteiger partial charge in [0.2, 0.25) is 10.0 Å². The summed E-state index contributed by atoms with van der Waals surface area (Å²) in [6.45, 7) is 7.57. The van der Waals surface area contributed by atoms with E-state index in [1.54, 1.807) is 17.0 Å². The van der Waals surface area contributed by atoms with Crippen LogP contribution in [0.25, 0.3) is 0 Å². The molecule has 0 radical (unpaired) electrons. The fraction of sp³-hybridized carbons (Fsp3) is 0.409. The maximum Gasteiger partial charge on any atom is 0.253 e. The van der Waals surface area contributed by atoms with Crippen LogP contribution in [-0.2, 0) is 16.6 Å². The fourth-order valence-corrected chi connectivity index (χ4v) is 4.99. The second kappa shape index (κ2) is 9.84. The van der Waals surface area contributed by atoms with E-state index in [2.05, 4.69) is 18.7 Å². The molecule has 0 aromatic heterocycles. The van der Waals surface area contributed by atoms with E-state index >= 15 is 0 Å². The molecule has 168 valence electrons. The molecule has 2 aromatic carbocycles. The Morgan fingerprint density at radius 2 is 1.55 bits per heavy atom. The van der Waals surface area contributed by atoms with E-state index in [1.807, 2.05) is 12.1 Å². The van der Waals surface area contributed by atoms with Gasteiger partial charge in [0.05, 0.1) is 4.90 Å². The van der Waals surface area contributed by atoms with Gasteiger partial charge in [-0.1, -0.05) is 26.0 Å². The zero-order chi connectivity index (χ0) is 22.6. The van der Waals surface area contributed by atoms with Crippen molar-refractivity contribution in [3.63, 3.8) is 0 Å². The maximum atomic E-state index is 13.5. The molecule has 0 spiro atoms. The SMILES string of the molecule is CCN(CC)Cc1ccc(C(=O)N2CCN(S(=O)(=O)c3ccc(F)c(F)c3)CC2)cc1. The Morgan fingerprint density at radius 3 is 2.10 bits per heavy atom. The second-order valence-corrected chi connectivity index (χ2v) is 9.37. The summed E-state index contributed by atoms with van der Waals surface area (Å²) in [5, 5.41) is 0. The van der Waals surface area contributed by atoms with Gasteiger partial charge in [0.15, 0.2) is 11.6 Å². The van der Waals surface area contributed by atoms with Crippen LogP contribution in [0, 0.1) is 11.6 Å². The van der Waals surface area contributed by atoms with Crippen molar-refractivity contribution in [1.29, 1.82) is 0 Å². The van der Waals surface area contributed by atoms with Crippen LogP contribution in [0.3, 0.4) is 0 Å². The smallest absolute Gasteiger partial charge is 0.253 e. The Bertz CT molecular complexity index is 1020. The standard InChI is InChI=1S/C22H27F2N3O3S/c1-3-25(4-2)16-17-5-7-18(8-6-17)22(28)26-11-13-27(14-12-26)31(29,30)19-9-10-20(23)21(24)15-19/h5-10,15H,3-4,11-14,16H2,1-2H3. The molecule has 1 saturated heterocycles. The van der Waals surface area contributed by atoms with Crippen LogP contribution in [-0.4, -0.2) is 67.7 Å². The Kier molecular flexibility index (Phi) is 7.40. The molecule has 6 nitrogen and oxygen atoms in total. The van der Waals surface area contributed by atoms with E-state index in [1.165, 1.54) is 4.31 Å². The molecule has 1 aliphatic heterocycles. The molecular weight excluding hydrogens is 424 g/mol. The molecule has 1 aliphatic rings. The van der Waals surface area contributed by atoms with Crippen LogP contribution in [0.5, 0.6) is 0 Å². The third-order valence-corrected chi connectivity index (χ3v) is 7.45. The number of hydrogen-bond donors (Lipinski definition) is 0. The molecule has 3 rings (SSSR count). The minimum absolute atomic E-state index is 0.0904. The van der Waals surface area contributed by atoms with E-state index in [-0.39, 0.29) is 37.0 Å². The summed E-state index contributed by atoms with van der Waals surface area (Å²) in [6, 6.07) is 10.0. The first-order chi connectivity index (χ1) is 14.8. The number of benzene rings is 2. The highest BCUT2D eigenvalue weighted by atomic mass is 32.2. The number of rotatable bonds is 7. The van der Waals surface area contributed by atoms with Gasteiger partial charge >= 0.3 is 0 Å². The fourth-order valence-electron chi connectivity index (χ4n) is 3.56. The molecule has 0 bridgehead atoms. The lowest BCUT2D eigenvalue weighted by Gasteiger charge is -2.34. The van der Waals surface area contributed by atoms with E-state index in [9.17, 15) is 22.0 Å². The lowest BCUT2D eigenvalue weighted by molar-refractivity contribution is 0.0698.